The highest BCUT2D eigenvalue weighted by Gasteiger charge is 2.69. The van der Waals surface area contributed by atoms with Crippen LogP contribution >= 0.6 is 0 Å². The van der Waals surface area contributed by atoms with Gasteiger partial charge in [0.05, 0.1) is 0 Å². The molecular formula is C11H14N2O5. The van der Waals surface area contributed by atoms with Gasteiger partial charge in [0, 0.05) is 17.7 Å². The number of aliphatic hydroxyl groups is 2. The molecule has 2 fully saturated rings. The molecule has 0 radical (unpaired) electrons. The van der Waals surface area contributed by atoms with Gasteiger partial charge in [-0.2, -0.15) is 0 Å². The lowest BCUT2D eigenvalue weighted by Crippen LogP contribution is -2.36. The van der Waals surface area contributed by atoms with Gasteiger partial charge in [-0.25, -0.2) is 4.79 Å². The summed E-state index contributed by atoms with van der Waals surface area (Å²) >= 11 is 0. The van der Waals surface area contributed by atoms with Gasteiger partial charge in [0.15, 0.2) is 6.29 Å². The van der Waals surface area contributed by atoms with E-state index in [1.54, 1.807) is 0 Å². The van der Waals surface area contributed by atoms with Crippen LogP contribution in [0.1, 0.15) is 19.6 Å². The molecule has 7 nitrogen and oxygen atoms in total. The number of aromatic amines is 1. The first-order valence-electron chi connectivity index (χ1n) is 5.80. The fraction of sp³-hybridized carbons (Fsp3) is 0.636. The van der Waals surface area contributed by atoms with Gasteiger partial charge in [-0.1, -0.05) is 6.92 Å². The normalized spacial score (nSPS) is 42.4. The summed E-state index contributed by atoms with van der Waals surface area (Å²) in [6, 6.07) is 1.21. The maximum absolute atomic E-state index is 11.7. The maximum atomic E-state index is 11.7. The van der Waals surface area contributed by atoms with Crippen LogP contribution in [0.2, 0.25) is 0 Å². The number of rotatable bonds is 1. The Labute approximate surface area is 102 Å². The lowest BCUT2D eigenvalue weighted by molar-refractivity contribution is -0.142. The summed E-state index contributed by atoms with van der Waals surface area (Å²) in [6.45, 7) is 1.92. The van der Waals surface area contributed by atoms with Gasteiger partial charge < -0.3 is 14.9 Å². The Bertz CT molecular complexity index is 594. The molecule has 1 saturated heterocycles. The fourth-order valence-corrected chi connectivity index (χ4v) is 2.91. The number of H-pyrrole nitrogens is 1. The molecular weight excluding hydrogens is 240 g/mol. The molecule has 7 heteroatoms. The first-order valence-corrected chi connectivity index (χ1v) is 5.80. The Morgan fingerprint density at radius 1 is 1.50 bits per heavy atom. The van der Waals surface area contributed by atoms with Crippen molar-refractivity contribution in [2.45, 2.75) is 32.0 Å². The minimum Gasteiger partial charge on any atom is -0.387 e. The lowest BCUT2D eigenvalue weighted by Gasteiger charge is -2.21. The van der Waals surface area contributed by atoms with Crippen molar-refractivity contribution in [3.8, 4) is 0 Å². The largest absolute Gasteiger partial charge is 0.387 e. The summed E-state index contributed by atoms with van der Waals surface area (Å²) in [5.74, 6) is 0.147. The monoisotopic (exact) mass is 254 g/mol. The van der Waals surface area contributed by atoms with Gasteiger partial charge in [-0.15, -0.1) is 0 Å². The van der Waals surface area contributed by atoms with Crippen LogP contribution in [-0.4, -0.2) is 32.2 Å². The van der Waals surface area contributed by atoms with Crippen LogP contribution < -0.4 is 11.2 Å². The molecule has 1 aromatic heterocycles. The molecule has 1 aliphatic heterocycles. The van der Waals surface area contributed by atoms with E-state index in [0.717, 1.165) is 0 Å². The average Bonchev–Trinajstić information content (AvgIpc) is 2.92. The molecule has 2 aliphatic rings. The quantitative estimate of drug-likeness (QED) is 0.582. The standard InChI is InChI=1S/C11H14N2O5/c1-5-4-11(5)7(15)8(16)18-9(11)13-3-2-6(14)12-10(13)17/h2-3,5,7-9,15-16H,4H2,1H3,(H,12,14,17). The Kier molecular flexibility index (Phi) is 2.28. The van der Waals surface area contributed by atoms with Crippen LogP contribution in [0.15, 0.2) is 21.9 Å². The molecule has 1 saturated carbocycles. The van der Waals surface area contributed by atoms with E-state index in [0.29, 0.717) is 6.42 Å². The molecule has 3 rings (SSSR count). The number of aromatic nitrogens is 2. The van der Waals surface area contributed by atoms with E-state index in [9.17, 15) is 19.8 Å². The minimum absolute atomic E-state index is 0.147. The van der Waals surface area contributed by atoms with Crippen LogP contribution in [0.25, 0.3) is 0 Å². The molecule has 1 spiro atoms. The highest BCUT2D eigenvalue weighted by atomic mass is 16.6. The van der Waals surface area contributed by atoms with Crippen molar-refractivity contribution in [3.63, 3.8) is 0 Å². The van der Waals surface area contributed by atoms with Crippen molar-refractivity contribution in [2.24, 2.45) is 11.3 Å². The Balaban J connectivity index is 2.07. The smallest absolute Gasteiger partial charge is 0.330 e. The van der Waals surface area contributed by atoms with Crippen molar-refractivity contribution in [1.82, 2.24) is 9.55 Å². The molecule has 0 amide bonds. The SMILES string of the molecule is CC1CC12C(O)C(O)OC2n1ccc(=O)[nH]c1=O. The topological polar surface area (TPSA) is 105 Å². The van der Waals surface area contributed by atoms with Crippen LogP contribution in [0.5, 0.6) is 0 Å². The summed E-state index contributed by atoms with van der Waals surface area (Å²) in [4.78, 5) is 24.9. The fourth-order valence-electron chi connectivity index (χ4n) is 2.91. The van der Waals surface area contributed by atoms with Gasteiger partial charge in [0.2, 0.25) is 0 Å². The molecule has 5 unspecified atom stereocenters. The number of hydrogen-bond acceptors (Lipinski definition) is 5. The third kappa shape index (κ3) is 1.35. The number of nitrogens with zero attached hydrogens (tertiary/aromatic N) is 1. The first kappa shape index (κ1) is 11.6. The second kappa shape index (κ2) is 3.53. The molecule has 1 aliphatic carbocycles. The van der Waals surface area contributed by atoms with Crippen LogP contribution in [0, 0.1) is 11.3 Å². The van der Waals surface area contributed by atoms with Crippen LogP contribution in [0.3, 0.4) is 0 Å². The van der Waals surface area contributed by atoms with E-state index < -0.39 is 35.3 Å². The molecule has 98 valence electrons. The van der Waals surface area contributed by atoms with E-state index in [4.69, 9.17) is 4.74 Å². The Morgan fingerprint density at radius 3 is 2.72 bits per heavy atom. The van der Waals surface area contributed by atoms with Crippen molar-refractivity contribution in [3.05, 3.63) is 33.1 Å². The van der Waals surface area contributed by atoms with E-state index in [-0.39, 0.29) is 5.92 Å². The summed E-state index contributed by atoms with van der Waals surface area (Å²) in [5.41, 5.74) is -1.73. The number of ether oxygens (including phenoxy) is 1. The molecule has 0 bridgehead atoms. The van der Waals surface area contributed by atoms with Gasteiger partial charge in [-0.3, -0.25) is 14.3 Å². The van der Waals surface area contributed by atoms with E-state index in [1.807, 2.05) is 6.92 Å². The van der Waals surface area contributed by atoms with Crippen molar-refractivity contribution in [1.29, 1.82) is 0 Å². The zero-order valence-corrected chi connectivity index (χ0v) is 9.74. The highest BCUT2D eigenvalue weighted by Crippen LogP contribution is 2.65. The third-order valence-corrected chi connectivity index (χ3v) is 4.07. The summed E-state index contributed by atoms with van der Waals surface area (Å²) < 4.78 is 6.49. The second-order valence-corrected chi connectivity index (χ2v) is 5.06. The van der Waals surface area contributed by atoms with Crippen molar-refractivity contribution >= 4 is 0 Å². The predicted molar refractivity (Wildman–Crippen MR) is 59.7 cm³/mol. The highest BCUT2D eigenvalue weighted by molar-refractivity contribution is 5.12. The van der Waals surface area contributed by atoms with Gasteiger partial charge in [0.1, 0.15) is 12.3 Å². The number of nitrogens with one attached hydrogen (secondary N) is 1. The molecule has 3 N–H and O–H groups in total. The van der Waals surface area contributed by atoms with Crippen LogP contribution in [-0.2, 0) is 4.74 Å². The third-order valence-electron chi connectivity index (χ3n) is 4.07. The zero-order chi connectivity index (χ0) is 13.1. The summed E-state index contributed by atoms with van der Waals surface area (Å²) in [7, 11) is 0. The van der Waals surface area contributed by atoms with E-state index in [2.05, 4.69) is 4.98 Å². The van der Waals surface area contributed by atoms with Crippen molar-refractivity contribution < 1.29 is 14.9 Å². The Hall–Kier alpha value is -1.44. The zero-order valence-electron chi connectivity index (χ0n) is 9.74. The van der Waals surface area contributed by atoms with Crippen molar-refractivity contribution in [2.75, 3.05) is 0 Å². The van der Waals surface area contributed by atoms with Crippen LogP contribution in [0.4, 0.5) is 0 Å². The van der Waals surface area contributed by atoms with E-state index in [1.165, 1.54) is 16.8 Å². The first-order chi connectivity index (χ1) is 8.46. The second-order valence-electron chi connectivity index (χ2n) is 5.06. The molecule has 2 heterocycles. The number of hydrogen-bond donors (Lipinski definition) is 3. The number of aliphatic hydroxyl groups excluding tert-OH is 2. The predicted octanol–water partition coefficient (Wildman–Crippen LogP) is -1.23. The minimum atomic E-state index is -1.31. The summed E-state index contributed by atoms with van der Waals surface area (Å²) in [6.07, 6.45) is -1.08. The molecule has 0 aromatic carbocycles. The molecule has 18 heavy (non-hydrogen) atoms. The van der Waals surface area contributed by atoms with Gasteiger partial charge in [0.25, 0.3) is 5.56 Å². The Morgan fingerprint density at radius 2 is 2.17 bits per heavy atom. The summed E-state index contributed by atoms with van der Waals surface area (Å²) in [5, 5.41) is 19.6. The molecule has 1 aromatic rings. The average molecular weight is 254 g/mol. The van der Waals surface area contributed by atoms with Gasteiger partial charge >= 0.3 is 5.69 Å². The lowest BCUT2D eigenvalue weighted by atomic mass is 9.96. The van der Waals surface area contributed by atoms with E-state index >= 15 is 0 Å². The van der Waals surface area contributed by atoms with Gasteiger partial charge in [-0.05, 0) is 12.3 Å². The molecule has 5 atom stereocenters. The maximum Gasteiger partial charge on any atom is 0.330 e.